The molecule has 0 spiro atoms. The first-order valence-electron chi connectivity index (χ1n) is 6.43. The van der Waals surface area contributed by atoms with Crippen LogP contribution in [0, 0.1) is 6.92 Å². The Labute approximate surface area is 116 Å². The highest BCUT2D eigenvalue weighted by Gasteiger charge is 2.44. The highest BCUT2D eigenvalue weighted by atomic mass is 35.5. The Kier molecular flexibility index (Phi) is 3.33. The molecular formula is C13H15ClN4O. The van der Waals surface area contributed by atoms with Gasteiger partial charge in [-0.2, -0.15) is 0 Å². The minimum Gasteiger partial charge on any atom is -0.373 e. The zero-order valence-corrected chi connectivity index (χ0v) is 11.5. The second-order valence-corrected chi connectivity index (χ2v) is 5.25. The van der Waals surface area contributed by atoms with Gasteiger partial charge in [0, 0.05) is 17.9 Å². The van der Waals surface area contributed by atoms with E-state index in [0.29, 0.717) is 5.15 Å². The van der Waals surface area contributed by atoms with Crippen LogP contribution in [0.2, 0.25) is 5.15 Å². The molecule has 0 aliphatic carbocycles. The lowest BCUT2D eigenvalue weighted by molar-refractivity contribution is -0.0316. The smallest absolute Gasteiger partial charge is 0.223 e. The lowest BCUT2D eigenvalue weighted by Gasteiger charge is -2.34. The molecule has 2 unspecified atom stereocenters. The molecule has 19 heavy (non-hydrogen) atoms. The van der Waals surface area contributed by atoms with E-state index < -0.39 is 5.66 Å². The maximum absolute atomic E-state index is 6.05. The normalized spacial score (nSPS) is 29.9. The van der Waals surface area contributed by atoms with E-state index in [0.717, 1.165) is 37.1 Å². The quantitative estimate of drug-likeness (QED) is 0.780. The molecule has 6 heteroatoms. The van der Waals surface area contributed by atoms with E-state index in [1.165, 1.54) is 6.34 Å². The Bertz CT molecular complexity index is 505. The molecule has 2 atom stereocenters. The molecule has 0 saturated carbocycles. The third-order valence-corrected chi connectivity index (χ3v) is 3.69. The van der Waals surface area contributed by atoms with Crippen molar-refractivity contribution >= 4 is 17.9 Å². The number of pyridine rings is 1. The number of halogens is 1. The van der Waals surface area contributed by atoms with Crippen molar-refractivity contribution in [2.24, 2.45) is 15.2 Å². The Morgan fingerprint density at radius 2 is 2.26 bits per heavy atom. The summed E-state index contributed by atoms with van der Waals surface area (Å²) in [5, 5.41) is 8.72. The number of azo groups is 1. The van der Waals surface area contributed by atoms with Crippen molar-refractivity contribution in [3.05, 3.63) is 28.5 Å². The van der Waals surface area contributed by atoms with Crippen molar-refractivity contribution in [1.29, 1.82) is 0 Å². The summed E-state index contributed by atoms with van der Waals surface area (Å²) in [5.74, 6) is 0. The Morgan fingerprint density at radius 1 is 1.37 bits per heavy atom. The molecule has 0 N–H and O–H groups in total. The summed E-state index contributed by atoms with van der Waals surface area (Å²) >= 11 is 6.05. The van der Waals surface area contributed by atoms with Gasteiger partial charge in [-0.3, -0.25) is 0 Å². The van der Waals surface area contributed by atoms with Gasteiger partial charge in [-0.25, -0.2) is 9.98 Å². The first kappa shape index (κ1) is 12.7. The van der Waals surface area contributed by atoms with Gasteiger partial charge in [0.15, 0.2) is 0 Å². The predicted octanol–water partition coefficient (Wildman–Crippen LogP) is 3.26. The molecule has 100 valence electrons. The van der Waals surface area contributed by atoms with Gasteiger partial charge in [0.25, 0.3) is 0 Å². The second-order valence-electron chi connectivity index (χ2n) is 4.86. The number of hydrogen-bond donors (Lipinski definition) is 0. The van der Waals surface area contributed by atoms with Gasteiger partial charge in [-0.1, -0.05) is 11.6 Å². The predicted molar refractivity (Wildman–Crippen MR) is 72.6 cm³/mol. The molecule has 1 aromatic rings. The SMILES string of the molecule is Cc1cc(C2(C3CCCCO3)N=CN=N2)cc(Cl)n1. The fraction of sp³-hybridized carbons (Fsp3) is 0.538. The third-order valence-electron chi connectivity index (χ3n) is 3.49. The Hall–Kier alpha value is -1.33. The molecule has 5 nitrogen and oxygen atoms in total. The molecule has 1 fully saturated rings. The monoisotopic (exact) mass is 278 g/mol. The minimum absolute atomic E-state index is 0.0818. The Balaban J connectivity index is 2.05. The summed E-state index contributed by atoms with van der Waals surface area (Å²) in [7, 11) is 0. The molecule has 0 amide bonds. The van der Waals surface area contributed by atoms with Gasteiger partial charge >= 0.3 is 0 Å². The zero-order valence-electron chi connectivity index (χ0n) is 10.7. The molecule has 3 rings (SSSR count). The lowest BCUT2D eigenvalue weighted by atomic mass is 9.90. The van der Waals surface area contributed by atoms with E-state index >= 15 is 0 Å². The summed E-state index contributed by atoms with van der Waals surface area (Å²) in [5.41, 5.74) is 0.960. The van der Waals surface area contributed by atoms with Crippen LogP contribution in [0.25, 0.3) is 0 Å². The average molecular weight is 279 g/mol. The van der Waals surface area contributed by atoms with Crippen molar-refractivity contribution in [3.63, 3.8) is 0 Å². The summed E-state index contributed by atoms with van der Waals surface area (Å²) in [6.07, 6.45) is 4.54. The van der Waals surface area contributed by atoms with Gasteiger partial charge in [0.1, 0.15) is 17.6 Å². The molecule has 0 bridgehead atoms. The number of aromatic nitrogens is 1. The number of ether oxygens (including phenoxy) is 1. The fourth-order valence-corrected chi connectivity index (χ4v) is 2.87. The van der Waals surface area contributed by atoms with E-state index in [2.05, 4.69) is 20.2 Å². The number of aliphatic imine (C=N–C) groups is 1. The number of rotatable bonds is 2. The standard InChI is InChI=1S/C13H15ClN4O/c1-9-6-10(7-12(14)17-9)13(15-8-16-18-13)11-4-2-3-5-19-11/h6-8,11H,2-5H2,1H3. The molecular weight excluding hydrogens is 264 g/mol. The van der Waals surface area contributed by atoms with Crippen LogP contribution in [0.3, 0.4) is 0 Å². The van der Waals surface area contributed by atoms with Gasteiger partial charge in [0.05, 0.1) is 0 Å². The minimum atomic E-state index is -0.780. The maximum Gasteiger partial charge on any atom is 0.223 e. The highest BCUT2D eigenvalue weighted by molar-refractivity contribution is 6.29. The van der Waals surface area contributed by atoms with Crippen LogP contribution in [-0.2, 0) is 10.4 Å². The van der Waals surface area contributed by atoms with Crippen LogP contribution in [0.1, 0.15) is 30.5 Å². The molecule has 2 aliphatic rings. The zero-order chi connectivity index (χ0) is 13.3. The summed E-state index contributed by atoms with van der Waals surface area (Å²) in [6, 6.07) is 3.75. The van der Waals surface area contributed by atoms with E-state index in [1.54, 1.807) is 6.07 Å². The van der Waals surface area contributed by atoms with E-state index in [-0.39, 0.29) is 6.10 Å². The van der Waals surface area contributed by atoms with E-state index in [9.17, 15) is 0 Å². The van der Waals surface area contributed by atoms with Crippen molar-refractivity contribution in [2.75, 3.05) is 6.61 Å². The van der Waals surface area contributed by atoms with Crippen molar-refractivity contribution in [3.8, 4) is 0 Å². The molecule has 1 aromatic heterocycles. The number of hydrogen-bond acceptors (Lipinski definition) is 5. The van der Waals surface area contributed by atoms with Gasteiger partial charge in [-0.05, 0) is 38.3 Å². The van der Waals surface area contributed by atoms with Crippen LogP contribution in [-0.4, -0.2) is 24.0 Å². The van der Waals surface area contributed by atoms with Gasteiger partial charge in [0.2, 0.25) is 5.66 Å². The molecule has 0 aromatic carbocycles. The number of nitrogens with zero attached hydrogens (tertiary/aromatic N) is 4. The van der Waals surface area contributed by atoms with Crippen LogP contribution in [0.15, 0.2) is 27.4 Å². The fourth-order valence-electron chi connectivity index (χ4n) is 2.62. The second kappa shape index (κ2) is 4.98. The van der Waals surface area contributed by atoms with Crippen LogP contribution in [0.4, 0.5) is 0 Å². The highest BCUT2D eigenvalue weighted by Crippen LogP contribution is 2.40. The van der Waals surface area contributed by atoms with Crippen LogP contribution < -0.4 is 0 Å². The first-order valence-corrected chi connectivity index (χ1v) is 6.80. The van der Waals surface area contributed by atoms with Crippen LogP contribution in [0.5, 0.6) is 0 Å². The lowest BCUT2D eigenvalue weighted by Crippen LogP contribution is -2.39. The van der Waals surface area contributed by atoms with Crippen molar-refractivity contribution in [1.82, 2.24) is 4.98 Å². The molecule has 1 saturated heterocycles. The summed E-state index contributed by atoms with van der Waals surface area (Å²) in [4.78, 5) is 8.66. The summed E-state index contributed by atoms with van der Waals surface area (Å²) < 4.78 is 5.87. The van der Waals surface area contributed by atoms with Gasteiger partial charge in [-0.15, -0.1) is 10.2 Å². The molecule has 0 radical (unpaired) electrons. The van der Waals surface area contributed by atoms with Crippen molar-refractivity contribution < 1.29 is 4.74 Å². The molecule has 3 heterocycles. The topological polar surface area (TPSA) is 59.2 Å². The number of aryl methyl sites for hydroxylation is 1. The average Bonchev–Trinajstić information content (AvgIpc) is 2.89. The van der Waals surface area contributed by atoms with Crippen LogP contribution >= 0.6 is 11.6 Å². The van der Waals surface area contributed by atoms with Crippen molar-refractivity contribution in [2.45, 2.75) is 38.0 Å². The van der Waals surface area contributed by atoms with E-state index in [1.807, 2.05) is 13.0 Å². The first-order chi connectivity index (χ1) is 9.21. The Morgan fingerprint density at radius 3 is 2.89 bits per heavy atom. The maximum atomic E-state index is 6.05. The molecule has 2 aliphatic heterocycles. The third kappa shape index (κ3) is 2.28. The van der Waals surface area contributed by atoms with E-state index in [4.69, 9.17) is 16.3 Å². The summed E-state index contributed by atoms with van der Waals surface area (Å²) in [6.45, 7) is 2.65. The van der Waals surface area contributed by atoms with Gasteiger partial charge < -0.3 is 4.74 Å². The largest absolute Gasteiger partial charge is 0.373 e.